The van der Waals surface area contributed by atoms with E-state index in [0.29, 0.717) is 31.9 Å². The zero-order valence-corrected chi connectivity index (χ0v) is 16.8. The van der Waals surface area contributed by atoms with Crippen LogP contribution in [0.5, 0.6) is 0 Å². The van der Waals surface area contributed by atoms with E-state index in [-0.39, 0.29) is 16.6 Å². The Hall–Kier alpha value is -1.71. The van der Waals surface area contributed by atoms with Crippen LogP contribution in [0.1, 0.15) is 32.6 Å². The van der Waals surface area contributed by atoms with Crippen molar-refractivity contribution in [3.05, 3.63) is 28.3 Å². The number of anilines is 1. The Labute approximate surface area is 160 Å². The molecule has 2 aliphatic heterocycles. The molecule has 1 aromatic rings. The van der Waals surface area contributed by atoms with Gasteiger partial charge in [-0.05, 0) is 44.9 Å². The predicted octanol–water partition coefficient (Wildman–Crippen LogP) is 2.30. The zero-order chi connectivity index (χ0) is 19.6. The van der Waals surface area contributed by atoms with Crippen molar-refractivity contribution in [2.24, 2.45) is 0 Å². The van der Waals surface area contributed by atoms with E-state index >= 15 is 0 Å². The third-order valence-electron chi connectivity index (χ3n) is 5.65. The topological polar surface area (TPSA) is 87.0 Å². The standard InChI is InChI=1S/C18H28N4O4S/c1-3-15-6-4-5-9-21(15)17-8-7-16(14-18(17)22(23)24)27(25,26)20-12-10-19(2)11-13-20/h7-8,14-15H,3-6,9-13H2,1-2H3/t15-/m1/s1. The van der Waals surface area contributed by atoms with E-state index in [9.17, 15) is 18.5 Å². The Morgan fingerprint density at radius 3 is 2.48 bits per heavy atom. The van der Waals surface area contributed by atoms with Crippen LogP contribution in [0.2, 0.25) is 0 Å². The summed E-state index contributed by atoms with van der Waals surface area (Å²) in [5.74, 6) is 0. The number of rotatable bonds is 5. The maximum Gasteiger partial charge on any atom is 0.293 e. The Morgan fingerprint density at radius 1 is 1.15 bits per heavy atom. The number of hydrogen-bond acceptors (Lipinski definition) is 6. The molecule has 27 heavy (non-hydrogen) atoms. The Kier molecular flexibility index (Phi) is 6.02. The van der Waals surface area contributed by atoms with Gasteiger partial charge in [0.2, 0.25) is 10.0 Å². The van der Waals surface area contributed by atoms with Crippen LogP contribution in [0.4, 0.5) is 11.4 Å². The summed E-state index contributed by atoms with van der Waals surface area (Å²) in [4.78, 5) is 15.4. The molecule has 1 aromatic carbocycles. The predicted molar refractivity (Wildman–Crippen MR) is 105 cm³/mol. The molecule has 1 atom stereocenters. The summed E-state index contributed by atoms with van der Waals surface area (Å²) in [6, 6.07) is 4.65. The highest BCUT2D eigenvalue weighted by Crippen LogP contribution is 2.36. The van der Waals surface area contributed by atoms with Gasteiger partial charge in [-0.1, -0.05) is 6.92 Å². The van der Waals surface area contributed by atoms with Crippen LogP contribution in [0, 0.1) is 10.1 Å². The van der Waals surface area contributed by atoms with Crippen LogP contribution in [0.25, 0.3) is 0 Å². The maximum absolute atomic E-state index is 12.9. The van der Waals surface area contributed by atoms with Crippen molar-refractivity contribution in [3.8, 4) is 0 Å². The van der Waals surface area contributed by atoms with E-state index in [1.54, 1.807) is 6.07 Å². The van der Waals surface area contributed by atoms with E-state index < -0.39 is 14.9 Å². The van der Waals surface area contributed by atoms with Crippen molar-refractivity contribution in [1.82, 2.24) is 9.21 Å². The highest BCUT2D eigenvalue weighted by Gasteiger charge is 2.32. The average molecular weight is 397 g/mol. The second-order valence-corrected chi connectivity index (χ2v) is 9.30. The quantitative estimate of drug-likeness (QED) is 0.561. The molecule has 2 fully saturated rings. The molecule has 0 aromatic heterocycles. The molecule has 0 N–H and O–H groups in total. The number of nitrogens with zero attached hydrogens (tertiary/aromatic N) is 4. The summed E-state index contributed by atoms with van der Waals surface area (Å²) >= 11 is 0. The van der Waals surface area contributed by atoms with E-state index in [0.717, 1.165) is 32.2 Å². The molecule has 3 rings (SSSR count). The van der Waals surface area contributed by atoms with E-state index in [1.165, 1.54) is 16.4 Å². The molecular weight excluding hydrogens is 368 g/mol. The minimum atomic E-state index is -3.72. The fraction of sp³-hybridized carbons (Fsp3) is 0.667. The van der Waals surface area contributed by atoms with Crippen LogP contribution in [-0.2, 0) is 10.0 Å². The lowest BCUT2D eigenvalue weighted by Gasteiger charge is -2.37. The van der Waals surface area contributed by atoms with Gasteiger partial charge >= 0.3 is 0 Å². The van der Waals surface area contributed by atoms with Crippen LogP contribution in [-0.4, -0.2) is 68.4 Å². The van der Waals surface area contributed by atoms with E-state index in [4.69, 9.17) is 0 Å². The molecule has 0 aliphatic carbocycles. The largest absolute Gasteiger partial charge is 0.363 e. The van der Waals surface area contributed by atoms with Gasteiger partial charge in [0.1, 0.15) is 5.69 Å². The van der Waals surface area contributed by atoms with Gasteiger partial charge in [0.05, 0.1) is 9.82 Å². The summed E-state index contributed by atoms with van der Waals surface area (Å²) in [5, 5.41) is 11.7. The molecule has 2 heterocycles. The monoisotopic (exact) mass is 396 g/mol. The summed E-state index contributed by atoms with van der Waals surface area (Å²) in [6.45, 7) is 4.97. The van der Waals surface area contributed by atoms with Crippen LogP contribution in [0.15, 0.2) is 23.1 Å². The van der Waals surface area contributed by atoms with Crippen molar-refractivity contribution < 1.29 is 13.3 Å². The minimum absolute atomic E-state index is 0.00700. The highest BCUT2D eigenvalue weighted by atomic mass is 32.2. The summed E-state index contributed by atoms with van der Waals surface area (Å²) in [5.41, 5.74) is 0.412. The first-order chi connectivity index (χ1) is 12.8. The SMILES string of the molecule is CC[C@@H]1CCCCN1c1ccc(S(=O)(=O)N2CCN(C)CC2)cc1[N+](=O)[O-]. The fourth-order valence-electron chi connectivity index (χ4n) is 3.97. The van der Waals surface area contributed by atoms with Gasteiger partial charge in [-0.3, -0.25) is 10.1 Å². The summed E-state index contributed by atoms with van der Waals surface area (Å²) < 4.78 is 27.3. The van der Waals surface area contributed by atoms with Gasteiger partial charge < -0.3 is 9.80 Å². The zero-order valence-electron chi connectivity index (χ0n) is 16.0. The Balaban J connectivity index is 1.95. The Bertz CT molecular complexity index is 791. The van der Waals surface area contributed by atoms with Crippen molar-refractivity contribution in [1.29, 1.82) is 0 Å². The average Bonchev–Trinajstić information content (AvgIpc) is 2.67. The van der Waals surface area contributed by atoms with E-state index in [1.807, 2.05) is 7.05 Å². The Morgan fingerprint density at radius 2 is 1.85 bits per heavy atom. The van der Waals surface area contributed by atoms with Crippen LogP contribution in [0.3, 0.4) is 0 Å². The molecule has 2 saturated heterocycles. The first kappa shape index (κ1) is 20.0. The first-order valence-electron chi connectivity index (χ1n) is 9.58. The third kappa shape index (κ3) is 4.09. The minimum Gasteiger partial charge on any atom is -0.363 e. The third-order valence-corrected chi connectivity index (χ3v) is 7.55. The molecule has 8 nitrogen and oxygen atoms in total. The molecule has 0 radical (unpaired) electrons. The number of hydrogen-bond donors (Lipinski definition) is 0. The lowest BCUT2D eigenvalue weighted by molar-refractivity contribution is -0.384. The van der Waals surface area contributed by atoms with Gasteiger partial charge in [-0.2, -0.15) is 4.31 Å². The van der Waals surface area contributed by atoms with Crippen LogP contribution < -0.4 is 4.90 Å². The summed E-state index contributed by atoms with van der Waals surface area (Å²) in [7, 11) is -1.77. The second-order valence-electron chi connectivity index (χ2n) is 7.37. The number of sulfonamides is 1. The number of nitro benzene ring substituents is 1. The van der Waals surface area contributed by atoms with Crippen molar-refractivity contribution in [2.75, 3.05) is 44.7 Å². The van der Waals surface area contributed by atoms with Crippen molar-refractivity contribution in [3.63, 3.8) is 0 Å². The van der Waals surface area contributed by atoms with Crippen molar-refractivity contribution >= 4 is 21.4 Å². The molecular formula is C18H28N4O4S. The van der Waals surface area contributed by atoms with E-state index in [2.05, 4.69) is 16.7 Å². The molecule has 2 aliphatic rings. The van der Waals surface area contributed by atoms with Gasteiger partial charge in [-0.15, -0.1) is 0 Å². The maximum atomic E-state index is 12.9. The van der Waals surface area contributed by atoms with Crippen LogP contribution >= 0.6 is 0 Å². The number of piperidine rings is 1. The molecule has 150 valence electrons. The molecule has 0 amide bonds. The summed E-state index contributed by atoms with van der Waals surface area (Å²) in [6.07, 6.45) is 4.04. The van der Waals surface area contributed by atoms with Crippen molar-refractivity contribution in [2.45, 2.75) is 43.5 Å². The second kappa shape index (κ2) is 8.12. The number of nitro groups is 1. The van der Waals surface area contributed by atoms with Gasteiger partial charge in [0.25, 0.3) is 5.69 Å². The normalized spacial score (nSPS) is 22.7. The number of benzene rings is 1. The molecule has 0 saturated carbocycles. The highest BCUT2D eigenvalue weighted by molar-refractivity contribution is 7.89. The van der Waals surface area contributed by atoms with Gasteiger partial charge in [0, 0.05) is 44.8 Å². The van der Waals surface area contributed by atoms with Gasteiger partial charge in [-0.25, -0.2) is 8.42 Å². The lowest BCUT2D eigenvalue weighted by Crippen LogP contribution is -2.47. The molecule has 0 bridgehead atoms. The fourth-order valence-corrected chi connectivity index (χ4v) is 5.42. The van der Waals surface area contributed by atoms with Gasteiger partial charge in [0.15, 0.2) is 0 Å². The smallest absolute Gasteiger partial charge is 0.293 e. The lowest BCUT2D eigenvalue weighted by atomic mass is 9.99. The number of likely N-dealkylation sites (N-methyl/N-ethyl adjacent to an activating group) is 1. The number of piperazine rings is 1. The first-order valence-corrected chi connectivity index (χ1v) is 11.0. The molecule has 0 unspecified atom stereocenters. The molecule has 9 heteroatoms. The molecule has 0 spiro atoms.